The maximum atomic E-state index is 12.8. The Hall–Kier alpha value is -2.43. The van der Waals surface area contributed by atoms with Crippen LogP contribution in [-0.2, 0) is 14.6 Å². The number of rotatable bonds is 4. The topological polar surface area (TPSA) is 79.4 Å². The summed E-state index contributed by atoms with van der Waals surface area (Å²) < 4.78 is 23.5. The zero-order valence-corrected chi connectivity index (χ0v) is 18.7. The minimum Gasteiger partial charge on any atom is -0.339 e. The third-order valence-electron chi connectivity index (χ3n) is 6.35. The van der Waals surface area contributed by atoms with E-state index in [1.165, 1.54) is 0 Å². The van der Waals surface area contributed by atoms with Crippen LogP contribution in [0.2, 0.25) is 0 Å². The van der Waals surface area contributed by atoms with Crippen molar-refractivity contribution < 1.29 is 13.2 Å². The van der Waals surface area contributed by atoms with Gasteiger partial charge in [-0.15, -0.1) is 0 Å². The summed E-state index contributed by atoms with van der Waals surface area (Å²) >= 11 is 0. The minimum atomic E-state index is -2.97. The first kappa shape index (κ1) is 21.8. The van der Waals surface area contributed by atoms with Crippen molar-refractivity contribution in [2.75, 3.05) is 25.1 Å². The highest BCUT2D eigenvalue weighted by atomic mass is 32.2. The van der Waals surface area contributed by atoms with Crippen LogP contribution in [0.1, 0.15) is 44.1 Å². The number of carbonyl (C=O) groups is 1. The number of hydrogen-bond acceptors (Lipinski definition) is 5. The Morgan fingerprint density at radius 3 is 2.77 bits per heavy atom. The highest BCUT2D eigenvalue weighted by molar-refractivity contribution is 7.91. The third kappa shape index (κ3) is 5.44. The fraction of sp³-hybridized carbons (Fsp3) is 0.500. The van der Waals surface area contributed by atoms with E-state index in [0.717, 1.165) is 48.6 Å². The number of nitrogens with zero attached hydrogens (tertiary/aromatic N) is 2. The third-order valence-corrected chi connectivity index (χ3v) is 8.10. The van der Waals surface area contributed by atoms with Crippen molar-refractivity contribution in [2.45, 2.75) is 50.1 Å². The van der Waals surface area contributed by atoms with Gasteiger partial charge in [0.25, 0.3) is 0 Å². The van der Waals surface area contributed by atoms with Gasteiger partial charge in [-0.2, -0.15) is 0 Å². The minimum absolute atomic E-state index is 0.0900. The van der Waals surface area contributed by atoms with Crippen molar-refractivity contribution in [3.8, 4) is 11.8 Å². The van der Waals surface area contributed by atoms with E-state index in [-0.39, 0.29) is 30.0 Å². The van der Waals surface area contributed by atoms with E-state index in [0.29, 0.717) is 6.42 Å². The Morgan fingerprint density at radius 1 is 1.26 bits per heavy atom. The summed E-state index contributed by atoms with van der Waals surface area (Å²) in [5.74, 6) is 6.86. The lowest BCUT2D eigenvalue weighted by molar-refractivity contribution is -0.124. The van der Waals surface area contributed by atoms with Gasteiger partial charge >= 0.3 is 0 Å². The molecule has 2 aromatic rings. The molecule has 1 N–H and O–H groups in total. The summed E-state index contributed by atoms with van der Waals surface area (Å²) in [6.07, 6.45) is 7.23. The number of nitrogens with one attached hydrogen (secondary N) is 1. The number of benzene rings is 1. The van der Waals surface area contributed by atoms with Crippen LogP contribution in [0, 0.1) is 11.8 Å². The van der Waals surface area contributed by atoms with Gasteiger partial charge in [0.1, 0.15) is 5.54 Å². The predicted octanol–water partition coefficient (Wildman–Crippen LogP) is 2.52. The highest BCUT2D eigenvalue weighted by Gasteiger charge is 2.34. The molecular formula is C24H29N3O3S. The smallest absolute Gasteiger partial charge is 0.235 e. The fourth-order valence-electron chi connectivity index (χ4n) is 4.55. The number of fused-ring (bicyclic) bond motifs is 1. The summed E-state index contributed by atoms with van der Waals surface area (Å²) in [5, 5.41) is 4.24. The Balaban J connectivity index is 1.47. The highest BCUT2D eigenvalue weighted by Crippen LogP contribution is 2.28. The van der Waals surface area contributed by atoms with Gasteiger partial charge in [-0.1, -0.05) is 49.3 Å². The molecule has 2 aliphatic rings. The van der Waals surface area contributed by atoms with E-state index < -0.39 is 15.4 Å². The van der Waals surface area contributed by atoms with E-state index in [2.05, 4.69) is 22.1 Å². The molecule has 1 aromatic heterocycles. The summed E-state index contributed by atoms with van der Waals surface area (Å²) in [5.41, 5.74) is 1.24. The van der Waals surface area contributed by atoms with E-state index in [1.807, 2.05) is 42.3 Å². The van der Waals surface area contributed by atoms with E-state index in [1.54, 1.807) is 6.20 Å². The molecule has 6 nitrogen and oxygen atoms in total. The van der Waals surface area contributed by atoms with Crippen LogP contribution in [0.15, 0.2) is 36.5 Å². The summed E-state index contributed by atoms with van der Waals surface area (Å²) in [7, 11) is -1.15. The molecule has 0 bridgehead atoms. The Labute approximate surface area is 184 Å². The van der Waals surface area contributed by atoms with Crippen molar-refractivity contribution in [2.24, 2.45) is 0 Å². The van der Waals surface area contributed by atoms with Gasteiger partial charge in [0.15, 0.2) is 9.84 Å². The monoisotopic (exact) mass is 439 g/mol. The maximum absolute atomic E-state index is 12.8. The first-order valence-electron chi connectivity index (χ1n) is 10.9. The van der Waals surface area contributed by atoms with Crippen LogP contribution in [0.4, 0.5) is 0 Å². The van der Waals surface area contributed by atoms with Crippen LogP contribution >= 0.6 is 0 Å². The number of likely N-dealkylation sites (N-methyl/N-ethyl adjacent to an activating group) is 1. The maximum Gasteiger partial charge on any atom is 0.235 e. The molecule has 7 heteroatoms. The first-order chi connectivity index (χ1) is 14.8. The predicted molar refractivity (Wildman–Crippen MR) is 122 cm³/mol. The quantitative estimate of drug-likeness (QED) is 0.741. The van der Waals surface area contributed by atoms with Crippen LogP contribution in [0.5, 0.6) is 0 Å². The molecule has 2 fully saturated rings. The van der Waals surface area contributed by atoms with Gasteiger partial charge < -0.3 is 5.32 Å². The Bertz CT molecular complexity index is 1130. The molecular weight excluding hydrogens is 410 g/mol. The van der Waals surface area contributed by atoms with Crippen LogP contribution < -0.4 is 5.32 Å². The Morgan fingerprint density at radius 2 is 2.03 bits per heavy atom. The average molecular weight is 440 g/mol. The number of sulfone groups is 1. The first-order valence-corrected chi connectivity index (χ1v) is 12.8. The molecule has 1 amide bonds. The molecule has 1 aromatic carbocycles. The van der Waals surface area contributed by atoms with Gasteiger partial charge in [0.2, 0.25) is 5.91 Å². The molecule has 1 unspecified atom stereocenters. The summed E-state index contributed by atoms with van der Waals surface area (Å²) in [6.45, 7) is 0.182. The molecule has 1 saturated carbocycles. The van der Waals surface area contributed by atoms with Crippen LogP contribution in [-0.4, -0.2) is 60.9 Å². The van der Waals surface area contributed by atoms with E-state index >= 15 is 0 Å². The number of pyridine rings is 1. The van der Waals surface area contributed by atoms with Crippen LogP contribution in [0.3, 0.4) is 0 Å². The van der Waals surface area contributed by atoms with Crippen molar-refractivity contribution >= 4 is 26.6 Å². The second-order valence-electron chi connectivity index (χ2n) is 8.83. The zero-order valence-electron chi connectivity index (χ0n) is 17.9. The molecule has 0 radical (unpaired) electrons. The molecule has 1 saturated heterocycles. The molecule has 4 rings (SSSR count). The van der Waals surface area contributed by atoms with Crippen molar-refractivity contribution in [1.82, 2.24) is 15.2 Å². The largest absolute Gasteiger partial charge is 0.339 e. The fourth-order valence-corrected chi connectivity index (χ4v) is 6.36. The molecule has 2 heterocycles. The molecule has 164 valence electrons. The van der Waals surface area contributed by atoms with Gasteiger partial charge in [-0.05, 0) is 38.4 Å². The van der Waals surface area contributed by atoms with Crippen LogP contribution in [0.25, 0.3) is 10.9 Å². The van der Waals surface area contributed by atoms with Crippen molar-refractivity contribution in [1.29, 1.82) is 0 Å². The number of para-hydroxylation sites is 1. The number of hydrogen-bond donors (Lipinski definition) is 1. The molecule has 1 aliphatic carbocycles. The Kier molecular flexibility index (Phi) is 6.31. The SMILES string of the molecule is CN(CC(=O)NC1(C#Cc2cnc3ccccc3c2)CCCCC1)C1CCS(=O)(=O)C1. The van der Waals surface area contributed by atoms with E-state index in [4.69, 9.17) is 0 Å². The lowest BCUT2D eigenvalue weighted by atomic mass is 9.82. The second-order valence-corrected chi connectivity index (χ2v) is 11.1. The molecule has 1 atom stereocenters. The van der Waals surface area contributed by atoms with E-state index in [9.17, 15) is 13.2 Å². The molecule has 0 spiro atoms. The van der Waals surface area contributed by atoms with Crippen molar-refractivity contribution in [3.05, 3.63) is 42.1 Å². The van der Waals surface area contributed by atoms with Gasteiger partial charge in [0, 0.05) is 23.2 Å². The van der Waals surface area contributed by atoms with Gasteiger partial charge in [-0.25, -0.2) is 8.42 Å². The summed E-state index contributed by atoms with van der Waals surface area (Å²) in [6, 6.07) is 9.88. The standard InChI is InChI=1S/C24H29N3O3S/c1-27(21-10-14-31(29,30)18-21)17-23(28)26-24(11-5-2-6-12-24)13-9-19-15-20-7-3-4-8-22(20)25-16-19/h3-4,7-8,15-16,21H,2,5-6,10-12,14,17-18H2,1H3,(H,26,28). The summed E-state index contributed by atoms with van der Waals surface area (Å²) in [4.78, 5) is 19.2. The number of carbonyl (C=O) groups excluding carboxylic acids is 1. The van der Waals surface area contributed by atoms with Gasteiger partial charge in [-0.3, -0.25) is 14.7 Å². The van der Waals surface area contributed by atoms with Gasteiger partial charge in [0.05, 0.1) is 23.6 Å². The lowest BCUT2D eigenvalue weighted by Crippen LogP contribution is -2.52. The number of amides is 1. The molecule has 31 heavy (non-hydrogen) atoms. The normalized spacial score (nSPS) is 22.1. The number of aromatic nitrogens is 1. The molecule has 1 aliphatic heterocycles. The van der Waals surface area contributed by atoms with Crippen molar-refractivity contribution in [3.63, 3.8) is 0 Å². The second kappa shape index (κ2) is 8.97. The average Bonchev–Trinajstić information content (AvgIpc) is 3.12. The lowest BCUT2D eigenvalue weighted by Gasteiger charge is -2.34. The zero-order chi connectivity index (χ0) is 21.9.